The Morgan fingerprint density at radius 3 is 2.37 bits per heavy atom. The molecule has 0 bridgehead atoms. The minimum atomic E-state index is -3.69. The summed E-state index contributed by atoms with van der Waals surface area (Å²) >= 11 is 11.9. The molecule has 162 valence electrons. The summed E-state index contributed by atoms with van der Waals surface area (Å²) in [5.41, 5.74) is 2.30. The van der Waals surface area contributed by atoms with Crippen molar-refractivity contribution in [1.82, 2.24) is 5.32 Å². The van der Waals surface area contributed by atoms with Crippen LogP contribution in [0.4, 0.5) is 11.4 Å². The lowest BCUT2D eigenvalue weighted by atomic mass is 10.2. The largest absolute Gasteiger partial charge is 0.378 e. The van der Waals surface area contributed by atoms with Gasteiger partial charge in [-0.1, -0.05) is 35.3 Å². The van der Waals surface area contributed by atoms with Crippen LogP contribution in [-0.2, 0) is 26.1 Å². The van der Waals surface area contributed by atoms with Gasteiger partial charge < -0.3 is 15.0 Å². The molecule has 3 rings (SSSR count). The summed E-state index contributed by atoms with van der Waals surface area (Å²) in [4.78, 5) is 14.7. The third kappa shape index (κ3) is 6.01. The minimum absolute atomic E-state index is 0.212. The fourth-order valence-corrected chi connectivity index (χ4v) is 4.21. The molecule has 1 heterocycles. The number of morpholine rings is 1. The first-order valence-corrected chi connectivity index (χ1v) is 12.0. The van der Waals surface area contributed by atoms with Crippen molar-refractivity contribution in [3.8, 4) is 0 Å². The predicted molar refractivity (Wildman–Crippen MR) is 120 cm³/mol. The van der Waals surface area contributed by atoms with Crippen LogP contribution in [0, 0.1) is 0 Å². The van der Waals surface area contributed by atoms with Crippen LogP contribution in [0.1, 0.15) is 5.56 Å². The third-order valence-corrected chi connectivity index (χ3v) is 6.56. The number of benzene rings is 2. The number of rotatable bonds is 7. The Labute approximate surface area is 186 Å². The zero-order valence-electron chi connectivity index (χ0n) is 16.5. The Balaban J connectivity index is 1.61. The van der Waals surface area contributed by atoms with Crippen LogP contribution < -0.4 is 14.5 Å². The van der Waals surface area contributed by atoms with Gasteiger partial charge in [0, 0.05) is 25.3 Å². The molecule has 1 aliphatic heterocycles. The number of nitrogens with one attached hydrogen (secondary N) is 1. The van der Waals surface area contributed by atoms with Gasteiger partial charge in [-0.15, -0.1) is 0 Å². The van der Waals surface area contributed by atoms with E-state index in [1.54, 1.807) is 0 Å². The highest BCUT2D eigenvalue weighted by molar-refractivity contribution is 7.92. The van der Waals surface area contributed by atoms with Crippen molar-refractivity contribution in [3.05, 3.63) is 58.1 Å². The van der Waals surface area contributed by atoms with Crippen LogP contribution in [-0.4, -0.2) is 53.4 Å². The van der Waals surface area contributed by atoms with E-state index in [1.807, 2.05) is 24.3 Å². The molecule has 2 aromatic carbocycles. The molecule has 1 N–H and O–H groups in total. The Kier molecular flexibility index (Phi) is 7.46. The molecule has 0 aromatic heterocycles. The molecule has 7 nitrogen and oxygen atoms in total. The van der Waals surface area contributed by atoms with Crippen molar-refractivity contribution >= 4 is 50.5 Å². The Morgan fingerprint density at radius 2 is 1.77 bits per heavy atom. The first-order valence-electron chi connectivity index (χ1n) is 9.35. The smallest absolute Gasteiger partial charge is 0.241 e. The average molecular weight is 472 g/mol. The van der Waals surface area contributed by atoms with E-state index in [9.17, 15) is 13.2 Å². The summed E-state index contributed by atoms with van der Waals surface area (Å²) in [6.45, 7) is 3.07. The SMILES string of the molecule is CS(=O)(=O)N(CC(=O)NCc1ccc(N2CCOCC2)cc1)c1ccc(Cl)c(Cl)c1. The molecule has 1 fully saturated rings. The van der Waals surface area contributed by atoms with Crippen molar-refractivity contribution in [2.75, 3.05) is 48.3 Å². The molecule has 0 spiro atoms. The molecule has 0 saturated carbocycles. The van der Waals surface area contributed by atoms with Crippen LogP contribution in [0.15, 0.2) is 42.5 Å². The van der Waals surface area contributed by atoms with Gasteiger partial charge in [0.1, 0.15) is 6.54 Å². The molecule has 0 atom stereocenters. The lowest BCUT2D eigenvalue weighted by Gasteiger charge is -2.29. The molecule has 0 unspecified atom stereocenters. The van der Waals surface area contributed by atoms with Crippen LogP contribution >= 0.6 is 23.2 Å². The van der Waals surface area contributed by atoms with Gasteiger partial charge in [0.15, 0.2) is 0 Å². The topological polar surface area (TPSA) is 79.0 Å². The number of carbonyl (C=O) groups excluding carboxylic acids is 1. The summed E-state index contributed by atoms with van der Waals surface area (Å²) in [6, 6.07) is 12.3. The molecular weight excluding hydrogens is 449 g/mol. The summed E-state index contributed by atoms with van der Waals surface area (Å²) in [5, 5.41) is 3.27. The first kappa shape index (κ1) is 22.7. The number of hydrogen-bond acceptors (Lipinski definition) is 5. The Bertz CT molecular complexity index is 994. The van der Waals surface area contributed by atoms with E-state index in [4.69, 9.17) is 27.9 Å². The molecule has 30 heavy (non-hydrogen) atoms. The molecule has 1 amide bonds. The predicted octanol–water partition coefficient (Wildman–Crippen LogP) is 2.91. The average Bonchev–Trinajstić information content (AvgIpc) is 2.73. The van der Waals surface area contributed by atoms with Crippen LogP contribution in [0.2, 0.25) is 10.0 Å². The highest BCUT2D eigenvalue weighted by atomic mass is 35.5. The van der Waals surface area contributed by atoms with Crippen LogP contribution in [0.25, 0.3) is 0 Å². The van der Waals surface area contributed by atoms with E-state index in [1.165, 1.54) is 18.2 Å². The second kappa shape index (κ2) is 9.87. The van der Waals surface area contributed by atoms with Gasteiger partial charge in [-0.05, 0) is 35.9 Å². The number of amides is 1. The van der Waals surface area contributed by atoms with Gasteiger partial charge >= 0.3 is 0 Å². The van der Waals surface area contributed by atoms with Crippen LogP contribution in [0.5, 0.6) is 0 Å². The fraction of sp³-hybridized carbons (Fsp3) is 0.350. The first-order chi connectivity index (χ1) is 14.2. The molecule has 2 aromatic rings. The summed E-state index contributed by atoms with van der Waals surface area (Å²) < 4.78 is 30.7. The van der Waals surface area contributed by atoms with Crippen LogP contribution in [0.3, 0.4) is 0 Å². The third-order valence-electron chi connectivity index (χ3n) is 4.68. The molecule has 1 aliphatic rings. The molecule has 0 aliphatic carbocycles. The standard InChI is InChI=1S/C20H23Cl2N3O4S/c1-30(27,28)25(17-6-7-18(21)19(22)12-17)14-20(26)23-13-15-2-4-16(5-3-15)24-8-10-29-11-9-24/h2-7,12H,8-11,13-14H2,1H3,(H,23,26). The van der Waals surface area contributed by atoms with Crippen molar-refractivity contribution < 1.29 is 17.9 Å². The Morgan fingerprint density at radius 1 is 1.10 bits per heavy atom. The maximum absolute atomic E-state index is 12.4. The molecular formula is C20H23Cl2N3O4S. The highest BCUT2D eigenvalue weighted by Crippen LogP contribution is 2.28. The maximum Gasteiger partial charge on any atom is 0.241 e. The zero-order valence-corrected chi connectivity index (χ0v) is 18.8. The lowest BCUT2D eigenvalue weighted by Crippen LogP contribution is -2.40. The number of hydrogen-bond donors (Lipinski definition) is 1. The normalized spacial score (nSPS) is 14.4. The zero-order chi connectivity index (χ0) is 21.7. The quantitative estimate of drug-likeness (QED) is 0.671. The highest BCUT2D eigenvalue weighted by Gasteiger charge is 2.21. The monoisotopic (exact) mass is 471 g/mol. The molecule has 10 heteroatoms. The van der Waals surface area contributed by atoms with E-state index in [2.05, 4.69) is 10.2 Å². The van der Waals surface area contributed by atoms with Crippen molar-refractivity contribution in [2.24, 2.45) is 0 Å². The number of ether oxygens (including phenoxy) is 1. The summed E-state index contributed by atoms with van der Waals surface area (Å²) in [7, 11) is -3.69. The number of halogens is 2. The van der Waals surface area contributed by atoms with E-state index in [-0.39, 0.29) is 17.3 Å². The fourth-order valence-electron chi connectivity index (χ4n) is 3.07. The van der Waals surface area contributed by atoms with E-state index in [0.717, 1.165) is 34.9 Å². The van der Waals surface area contributed by atoms with E-state index >= 15 is 0 Å². The number of carbonyl (C=O) groups is 1. The van der Waals surface area contributed by atoms with E-state index < -0.39 is 15.9 Å². The number of sulfonamides is 1. The second-order valence-electron chi connectivity index (χ2n) is 6.91. The molecule has 0 radical (unpaired) electrons. The van der Waals surface area contributed by atoms with Crippen molar-refractivity contribution in [2.45, 2.75) is 6.54 Å². The van der Waals surface area contributed by atoms with Gasteiger partial charge in [0.05, 0.1) is 35.2 Å². The maximum atomic E-state index is 12.4. The van der Waals surface area contributed by atoms with Gasteiger partial charge in [-0.2, -0.15) is 0 Å². The summed E-state index contributed by atoms with van der Waals surface area (Å²) in [5.74, 6) is -0.427. The van der Waals surface area contributed by atoms with Gasteiger partial charge in [-0.25, -0.2) is 8.42 Å². The minimum Gasteiger partial charge on any atom is -0.378 e. The number of anilines is 2. The lowest BCUT2D eigenvalue weighted by molar-refractivity contribution is -0.119. The van der Waals surface area contributed by atoms with Gasteiger partial charge in [0.2, 0.25) is 15.9 Å². The van der Waals surface area contributed by atoms with Crippen molar-refractivity contribution in [1.29, 1.82) is 0 Å². The van der Waals surface area contributed by atoms with Gasteiger partial charge in [-0.3, -0.25) is 9.10 Å². The van der Waals surface area contributed by atoms with Crippen molar-refractivity contribution in [3.63, 3.8) is 0 Å². The summed E-state index contributed by atoms with van der Waals surface area (Å²) in [6.07, 6.45) is 1.03. The number of nitrogens with zero attached hydrogens (tertiary/aromatic N) is 2. The van der Waals surface area contributed by atoms with E-state index in [0.29, 0.717) is 24.8 Å². The second-order valence-corrected chi connectivity index (χ2v) is 9.63. The van der Waals surface area contributed by atoms with Gasteiger partial charge in [0.25, 0.3) is 0 Å². The Hall–Kier alpha value is -2.00. The molecule has 1 saturated heterocycles.